The Bertz CT molecular complexity index is 949. The van der Waals surface area contributed by atoms with E-state index >= 15 is 0 Å². The minimum atomic E-state index is -0.811. The van der Waals surface area contributed by atoms with Crippen molar-refractivity contribution in [1.29, 1.82) is 0 Å². The minimum absolute atomic E-state index is 0.0810. The number of hydrogen-bond donors (Lipinski definition) is 1. The molecule has 0 fully saturated rings. The highest BCUT2D eigenvalue weighted by Gasteiger charge is 2.38. The van der Waals surface area contributed by atoms with E-state index in [2.05, 4.69) is 4.98 Å². The Morgan fingerprint density at radius 1 is 1.31 bits per heavy atom. The lowest BCUT2D eigenvalue weighted by molar-refractivity contribution is -0.384. The van der Waals surface area contributed by atoms with Gasteiger partial charge in [0.25, 0.3) is 11.2 Å². The number of pyridine rings is 1. The normalized spacial score (nSPS) is 18.9. The van der Waals surface area contributed by atoms with E-state index in [9.17, 15) is 14.9 Å². The summed E-state index contributed by atoms with van der Waals surface area (Å²) in [7, 11) is 1.56. The smallest absolute Gasteiger partial charge is 0.270 e. The highest BCUT2D eigenvalue weighted by Crippen LogP contribution is 2.43. The molecule has 0 saturated carbocycles. The topological polar surface area (TPSA) is 104 Å². The third-order valence-electron chi connectivity index (χ3n) is 4.27. The van der Waals surface area contributed by atoms with Crippen molar-refractivity contribution in [2.45, 2.75) is 19.4 Å². The number of nitro groups is 1. The standard InChI is InChI=1S/C18H18N2O6/c1-11-17(25-13-6-7-19-16(21)9-13)14-8-12(20(22)23)4-5-15(14)26-18(11,2)10-24-3/h4-9H,10H2,1-3H3,(H,19,21). The first-order valence-corrected chi connectivity index (χ1v) is 7.89. The number of rotatable bonds is 5. The molecule has 136 valence electrons. The second kappa shape index (κ2) is 6.64. The highest BCUT2D eigenvalue weighted by molar-refractivity contribution is 5.75. The number of hydrogen-bond acceptors (Lipinski definition) is 6. The van der Waals surface area contributed by atoms with Gasteiger partial charge in [0.1, 0.15) is 17.3 Å². The van der Waals surface area contributed by atoms with Gasteiger partial charge in [-0.25, -0.2) is 0 Å². The number of fused-ring (bicyclic) bond motifs is 1. The fourth-order valence-corrected chi connectivity index (χ4v) is 2.81. The van der Waals surface area contributed by atoms with E-state index in [1.807, 2.05) is 13.8 Å². The second-order valence-corrected chi connectivity index (χ2v) is 6.15. The molecule has 2 heterocycles. The lowest BCUT2D eigenvalue weighted by atomic mass is 9.90. The van der Waals surface area contributed by atoms with Gasteiger partial charge in [-0.05, 0) is 26.0 Å². The predicted octanol–water partition coefficient (Wildman–Crippen LogP) is 2.89. The molecule has 1 aliphatic rings. The molecule has 0 amide bonds. The van der Waals surface area contributed by atoms with Gasteiger partial charge in [0.05, 0.1) is 17.1 Å². The first kappa shape index (κ1) is 17.7. The molecule has 26 heavy (non-hydrogen) atoms. The largest absolute Gasteiger partial charge is 0.480 e. The van der Waals surface area contributed by atoms with Gasteiger partial charge in [-0.1, -0.05) is 0 Å². The molecular weight excluding hydrogens is 340 g/mol. The maximum Gasteiger partial charge on any atom is 0.270 e. The molecule has 1 unspecified atom stereocenters. The maximum atomic E-state index is 11.5. The Labute approximate surface area is 149 Å². The van der Waals surface area contributed by atoms with Crippen LogP contribution >= 0.6 is 0 Å². The molecule has 0 radical (unpaired) electrons. The molecule has 1 aromatic heterocycles. The highest BCUT2D eigenvalue weighted by atomic mass is 16.6. The monoisotopic (exact) mass is 358 g/mol. The minimum Gasteiger partial charge on any atom is -0.480 e. The third kappa shape index (κ3) is 3.18. The zero-order chi connectivity index (χ0) is 18.9. The van der Waals surface area contributed by atoms with Crippen LogP contribution in [0.1, 0.15) is 19.4 Å². The summed E-state index contributed by atoms with van der Waals surface area (Å²) in [6, 6.07) is 7.21. The van der Waals surface area contributed by atoms with Crippen molar-refractivity contribution in [1.82, 2.24) is 4.98 Å². The lowest BCUT2D eigenvalue weighted by Gasteiger charge is -2.37. The first-order valence-electron chi connectivity index (χ1n) is 7.89. The van der Waals surface area contributed by atoms with Crippen molar-refractivity contribution in [2.75, 3.05) is 13.7 Å². The summed E-state index contributed by atoms with van der Waals surface area (Å²) < 4.78 is 17.3. The molecule has 0 saturated heterocycles. The molecule has 0 bridgehead atoms. The van der Waals surface area contributed by atoms with Crippen molar-refractivity contribution in [3.05, 3.63) is 68.1 Å². The molecule has 1 aromatic carbocycles. The summed E-state index contributed by atoms with van der Waals surface area (Å²) in [5.74, 6) is 1.17. The van der Waals surface area contributed by atoms with E-state index in [0.717, 1.165) is 0 Å². The summed E-state index contributed by atoms with van der Waals surface area (Å²) in [6.07, 6.45) is 1.47. The molecule has 1 aliphatic heterocycles. The Morgan fingerprint density at radius 3 is 2.73 bits per heavy atom. The van der Waals surface area contributed by atoms with Crippen LogP contribution in [0.25, 0.3) is 5.76 Å². The van der Waals surface area contributed by atoms with Crippen molar-refractivity contribution >= 4 is 11.4 Å². The van der Waals surface area contributed by atoms with E-state index in [1.165, 1.54) is 30.5 Å². The van der Waals surface area contributed by atoms with Crippen LogP contribution in [0, 0.1) is 10.1 Å². The average molecular weight is 358 g/mol. The zero-order valence-electron chi connectivity index (χ0n) is 14.6. The van der Waals surface area contributed by atoms with Crippen LogP contribution in [0.5, 0.6) is 11.5 Å². The molecule has 8 heteroatoms. The number of H-pyrrole nitrogens is 1. The van der Waals surface area contributed by atoms with Gasteiger partial charge >= 0.3 is 0 Å². The van der Waals surface area contributed by atoms with Crippen molar-refractivity contribution in [3.8, 4) is 11.5 Å². The molecule has 0 aliphatic carbocycles. The summed E-state index contributed by atoms with van der Waals surface area (Å²) in [5, 5.41) is 11.2. The van der Waals surface area contributed by atoms with Gasteiger partial charge < -0.3 is 19.2 Å². The van der Waals surface area contributed by atoms with Gasteiger partial charge in [-0.3, -0.25) is 14.9 Å². The van der Waals surface area contributed by atoms with E-state index in [4.69, 9.17) is 14.2 Å². The van der Waals surface area contributed by atoms with Gasteiger partial charge in [-0.2, -0.15) is 0 Å². The number of non-ortho nitro benzene ring substituents is 1. The summed E-state index contributed by atoms with van der Waals surface area (Å²) in [6.45, 7) is 3.91. The van der Waals surface area contributed by atoms with Gasteiger partial charge in [0, 0.05) is 37.1 Å². The Hall–Kier alpha value is -3.13. The Morgan fingerprint density at radius 2 is 2.08 bits per heavy atom. The van der Waals surface area contributed by atoms with Crippen LogP contribution in [-0.2, 0) is 4.74 Å². The van der Waals surface area contributed by atoms with Gasteiger partial charge in [-0.15, -0.1) is 0 Å². The number of nitrogens with zero attached hydrogens (tertiary/aromatic N) is 1. The molecule has 8 nitrogen and oxygen atoms in total. The summed E-state index contributed by atoms with van der Waals surface area (Å²) in [5.41, 5.74) is -0.0542. The third-order valence-corrected chi connectivity index (χ3v) is 4.27. The molecule has 0 spiro atoms. The van der Waals surface area contributed by atoms with Crippen LogP contribution in [0.3, 0.4) is 0 Å². The Balaban J connectivity index is 2.16. The predicted molar refractivity (Wildman–Crippen MR) is 94.3 cm³/mol. The molecule has 3 rings (SSSR count). The van der Waals surface area contributed by atoms with Crippen LogP contribution in [0.4, 0.5) is 5.69 Å². The van der Waals surface area contributed by atoms with Gasteiger partial charge in [0.2, 0.25) is 0 Å². The Kier molecular flexibility index (Phi) is 4.52. The molecule has 1 N–H and O–H groups in total. The molecule has 1 atom stereocenters. The number of aromatic amines is 1. The molecular formula is C18H18N2O6. The number of nitrogens with one attached hydrogen (secondary N) is 1. The average Bonchev–Trinajstić information content (AvgIpc) is 2.59. The van der Waals surface area contributed by atoms with Crippen LogP contribution in [-0.4, -0.2) is 29.2 Å². The fourth-order valence-electron chi connectivity index (χ4n) is 2.81. The number of nitro benzene ring substituents is 1. The maximum absolute atomic E-state index is 11.5. The molecule has 2 aromatic rings. The fraction of sp³-hybridized carbons (Fsp3) is 0.278. The number of ether oxygens (including phenoxy) is 3. The number of benzene rings is 1. The van der Waals surface area contributed by atoms with E-state index in [0.29, 0.717) is 28.4 Å². The van der Waals surface area contributed by atoms with Crippen molar-refractivity contribution in [3.63, 3.8) is 0 Å². The van der Waals surface area contributed by atoms with E-state index in [1.54, 1.807) is 13.2 Å². The second-order valence-electron chi connectivity index (χ2n) is 6.15. The van der Waals surface area contributed by atoms with Crippen LogP contribution in [0.2, 0.25) is 0 Å². The summed E-state index contributed by atoms with van der Waals surface area (Å²) in [4.78, 5) is 24.7. The lowest BCUT2D eigenvalue weighted by Crippen LogP contribution is -2.42. The van der Waals surface area contributed by atoms with E-state index < -0.39 is 10.5 Å². The van der Waals surface area contributed by atoms with Crippen molar-refractivity contribution in [2.24, 2.45) is 0 Å². The van der Waals surface area contributed by atoms with E-state index in [-0.39, 0.29) is 17.9 Å². The number of aromatic nitrogens is 1. The van der Waals surface area contributed by atoms with Crippen molar-refractivity contribution < 1.29 is 19.1 Å². The van der Waals surface area contributed by atoms with Crippen LogP contribution in [0.15, 0.2) is 46.9 Å². The summed E-state index contributed by atoms with van der Waals surface area (Å²) >= 11 is 0. The van der Waals surface area contributed by atoms with Crippen LogP contribution < -0.4 is 15.0 Å². The SMILES string of the molecule is COCC1(C)Oc2ccc([N+](=O)[O-])cc2C(Oc2cc[nH]c(=O)c2)=C1C. The quantitative estimate of drug-likeness (QED) is 0.651. The van der Waals surface area contributed by atoms with Gasteiger partial charge in [0.15, 0.2) is 5.60 Å². The number of methoxy groups -OCH3 is 1. The zero-order valence-corrected chi connectivity index (χ0v) is 14.6. The first-order chi connectivity index (χ1) is 12.3.